The second-order valence-electron chi connectivity index (χ2n) is 6.20. The maximum Gasteiger partial charge on any atom is 0.194 e. The Kier molecular flexibility index (Phi) is 5.77. The summed E-state index contributed by atoms with van der Waals surface area (Å²) in [4.78, 5) is 6.71. The molecule has 0 aliphatic carbocycles. The number of aliphatic imine (C=N–C) groups is 1. The van der Waals surface area contributed by atoms with Crippen molar-refractivity contribution in [3.05, 3.63) is 59.7 Å². The van der Waals surface area contributed by atoms with Crippen LogP contribution in [0.4, 0.5) is 0 Å². The van der Waals surface area contributed by atoms with Crippen molar-refractivity contribution in [2.75, 3.05) is 27.3 Å². The van der Waals surface area contributed by atoms with Gasteiger partial charge in [0.2, 0.25) is 0 Å². The van der Waals surface area contributed by atoms with Crippen LogP contribution < -0.4 is 14.8 Å². The van der Waals surface area contributed by atoms with Crippen molar-refractivity contribution in [1.29, 1.82) is 0 Å². The predicted molar refractivity (Wildman–Crippen MR) is 100 cm³/mol. The molecule has 3 rings (SSSR count). The number of nitrogens with one attached hydrogen (secondary N) is 1. The van der Waals surface area contributed by atoms with Crippen LogP contribution in [0.2, 0.25) is 0 Å². The third kappa shape index (κ3) is 4.89. The maximum absolute atomic E-state index is 5.75. The molecular weight excluding hydrogens is 314 g/mol. The van der Waals surface area contributed by atoms with Gasteiger partial charge >= 0.3 is 0 Å². The molecule has 2 aromatic carbocycles. The quantitative estimate of drug-likeness (QED) is 0.687. The SMILES string of the molecule is CN(C)C(=NCc1ccc2c(c1)OCCCO2)NCc1ccccc1. The minimum atomic E-state index is 0.589. The third-order valence-corrected chi connectivity index (χ3v) is 3.94. The smallest absolute Gasteiger partial charge is 0.194 e. The van der Waals surface area contributed by atoms with Gasteiger partial charge in [0.25, 0.3) is 0 Å². The number of hydrogen-bond acceptors (Lipinski definition) is 3. The predicted octanol–water partition coefficient (Wildman–Crippen LogP) is 3.06. The molecule has 1 aliphatic rings. The Labute approximate surface area is 149 Å². The van der Waals surface area contributed by atoms with Crippen LogP contribution in [0, 0.1) is 0 Å². The van der Waals surface area contributed by atoms with E-state index in [1.165, 1.54) is 5.56 Å². The molecule has 0 saturated heterocycles. The Morgan fingerprint density at radius 2 is 1.76 bits per heavy atom. The Hall–Kier alpha value is -2.69. The second-order valence-corrected chi connectivity index (χ2v) is 6.20. The third-order valence-electron chi connectivity index (χ3n) is 3.94. The summed E-state index contributed by atoms with van der Waals surface area (Å²) in [6.45, 7) is 2.74. The van der Waals surface area contributed by atoms with Gasteiger partial charge in [-0.15, -0.1) is 0 Å². The zero-order valence-corrected chi connectivity index (χ0v) is 14.9. The van der Waals surface area contributed by atoms with Gasteiger partial charge in [-0.1, -0.05) is 36.4 Å². The van der Waals surface area contributed by atoms with Crippen molar-refractivity contribution >= 4 is 5.96 Å². The molecule has 0 aromatic heterocycles. The van der Waals surface area contributed by atoms with Crippen LogP contribution in [0.25, 0.3) is 0 Å². The molecule has 5 heteroatoms. The van der Waals surface area contributed by atoms with Crippen molar-refractivity contribution in [3.8, 4) is 11.5 Å². The van der Waals surface area contributed by atoms with Gasteiger partial charge < -0.3 is 19.7 Å². The number of ether oxygens (including phenoxy) is 2. The van der Waals surface area contributed by atoms with E-state index in [1.807, 2.05) is 55.4 Å². The van der Waals surface area contributed by atoms with E-state index in [9.17, 15) is 0 Å². The number of guanidine groups is 1. The van der Waals surface area contributed by atoms with Gasteiger partial charge in [0.15, 0.2) is 17.5 Å². The lowest BCUT2D eigenvalue weighted by Crippen LogP contribution is -2.36. The molecule has 0 fully saturated rings. The van der Waals surface area contributed by atoms with Crippen molar-refractivity contribution in [1.82, 2.24) is 10.2 Å². The Bertz CT molecular complexity index is 714. The molecule has 0 unspecified atom stereocenters. The summed E-state index contributed by atoms with van der Waals surface area (Å²) in [5, 5.41) is 3.40. The average molecular weight is 339 g/mol. The lowest BCUT2D eigenvalue weighted by atomic mass is 10.2. The summed E-state index contributed by atoms with van der Waals surface area (Å²) in [5.41, 5.74) is 2.33. The van der Waals surface area contributed by atoms with E-state index in [1.54, 1.807) is 0 Å². The van der Waals surface area contributed by atoms with Crippen LogP contribution in [0.15, 0.2) is 53.5 Å². The number of nitrogens with zero attached hydrogens (tertiary/aromatic N) is 2. The fourth-order valence-corrected chi connectivity index (χ4v) is 2.60. The van der Waals surface area contributed by atoms with Crippen LogP contribution in [0.5, 0.6) is 11.5 Å². The summed E-state index contributed by atoms with van der Waals surface area (Å²) >= 11 is 0. The molecule has 2 aromatic rings. The fraction of sp³-hybridized carbons (Fsp3) is 0.350. The van der Waals surface area contributed by atoms with Gasteiger partial charge in [0, 0.05) is 27.1 Å². The molecule has 0 atom stereocenters. The first-order valence-electron chi connectivity index (χ1n) is 8.60. The molecule has 5 nitrogen and oxygen atoms in total. The summed E-state index contributed by atoms with van der Waals surface area (Å²) in [6.07, 6.45) is 0.913. The molecule has 0 radical (unpaired) electrons. The van der Waals surface area contributed by atoms with Crippen LogP contribution in [0.1, 0.15) is 17.5 Å². The van der Waals surface area contributed by atoms with E-state index in [0.29, 0.717) is 19.8 Å². The Balaban J connectivity index is 1.66. The fourth-order valence-electron chi connectivity index (χ4n) is 2.60. The molecule has 0 spiro atoms. The normalized spacial score (nSPS) is 13.9. The zero-order chi connectivity index (χ0) is 17.5. The Morgan fingerprint density at radius 1 is 1.00 bits per heavy atom. The van der Waals surface area contributed by atoms with Gasteiger partial charge in [0.1, 0.15) is 0 Å². The number of fused-ring (bicyclic) bond motifs is 1. The van der Waals surface area contributed by atoms with Gasteiger partial charge in [0.05, 0.1) is 19.8 Å². The summed E-state index contributed by atoms with van der Waals surface area (Å²) < 4.78 is 11.4. The highest BCUT2D eigenvalue weighted by atomic mass is 16.5. The largest absolute Gasteiger partial charge is 0.490 e. The molecule has 25 heavy (non-hydrogen) atoms. The van der Waals surface area contributed by atoms with Gasteiger partial charge in [-0.2, -0.15) is 0 Å². The molecule has 1 aliphatic heterocycles. The Morgan fingerprint density at radius 3 is 2.52 bits per heavy atom. The maximum atomic E-state index is 5.75. The molecule has 0 amide bonds. The number of benzene rings is 2. The lowest BCUT2D eigenvalue weighted by Gasteiger charge is -2.18. The van der Waals surface area contributed by atoms with Crippen LogP contribution in [-0.2, 0) is 13.1 Å². The molecule has 1 heterocycles. The summed E-state index contributed by atoms with van der Waals surface area (Å²) in [7, 11) is 3.98. The first-order chi connectivity index (χ1) is 12.2. The van der Waals surface area contributed by atoms with Gasteiger partial charge in [-0.3, -0.25) is 0 Å². The van der Waals surface area contributed by atoms with Crippen molar-refractivity contribution < 1.29 is 9.47 Å². The van der Waals surface area contributed by atoms with E-state index in [0.717, 1.165) is 36.0 Å². The van der Waals surface area contributed by atoms with E-state index in [2.05, 4.69) is 17.4 Å². The second kappa shape index (κ2) is 8.42. The molecule has 0 bridgehead atoms. The standard InChI is InChI=1S/C20H25N3O2/c1-23(2)20(21-14-16-7-4-3-5-8-16)22-15-17-9-10-18-19(13-17)25-12-6-11-24-18/h3-5,7-10,13H,6,11-12,14-15H2,1-2H3,(H,21,22). The van der Waals surface area contributed by atoms with E-state index in [4.69, 9.17) is 14.5 Å². The highest BCUT2D eigenvalue weighted by molar-refractivity contribution is 5.79. The first-order valence-corrected chi connectivity index (χ1v) is 8.60. The van der Waals surface area contributed by atoms with Crippen molar-refractivity contribution in [3.63, 3.8) is 0 Å². The minimum Gasteiger partial charge on any atom is -0.490 e. The van der Waals surface area contributed by atoms with E-state index >= 15 is 0 Å². The van der Waals surface area contributed by atoms with Crippen molar-refractivity contribution in [2.45, 2.75) is 19.5 Å². The average Bonchev–Trinajstić information content (AvgIpc) is 2.87. The lowest BCUT2D eigenvalue weighted by molar-refractivity contribution is 0.297. The van der Waals surface area contributed by atoms with Crippen LogP contribution >= 0.6 is 0 Å². The first kappa shape index (κ1) is 17.1. The summed E-state index contributed by atoms with van der Waals surface area (Å²) in [6, 6.07) is 16.3. The molecule has 1 N–H and O–H groups in total. The van der Waals surface area contributed by atoms with Gasteiger partial charge in [-0.05, 0) is 23.3 Å². The highest BCUT2D eigenvalue weighted by Crippen LogP contribution is 2.30. The topological polar surface area (TPSA) is 46.1 Å². The number of hydrogen-bond donors (Lipinski definition) is 1. The van der Waals surface area contributed by atoms with E-state index in [-0.39, 0.29) is 0 Å². The molecular formula is C20H25N3O2. The van der Waals surface area contributed by atoms with Gasteiger partial charge in [-0.25, -0.2) is 4.99 Å². The number of rotatable bonds is 4. The minimum absolute atomic E-state index is 0.589. The molecule has 132 valence electrons. The van der Waals surface area contributed by atoms with E-state index < -0.39 is 0 Å². The summed E-state index contributed by atoms with van der Waals surface area (Å²) in [5.74, 6) is 2.49. The monoisotopic (exact) mass is 339 g/mol. The zero-order valence-electron chi connectivity index (χ0n) is 14.9. The van der Waals surface area contributed by atoms with Crippen molar-refractivity contribution in [2.24, 2.45) is 4.99 Å². The van der Waals surface area contributed by atoms with Crippen LogP contribution in [0.3, 0.4) is 0 Å². The molecule has 0 saturated carbocycles. The van der Waals surface area contributed by atoms with Crippen LogP contribution in [-0.4, -0.2) is 38.2 Å². The highest BCUT2D eigenvalue weighted by Gasteiger charge is 2.10.